The summed E-state index contributed by atoms with van der Waals surface area (Å²) in [7, 11) is 0. The number of carbonyl (C=O) groups is 2. The van der Waals surface area contributed by atoms with Gasteiger partial charge in [-0.2, -0.15) is 0 Å². The second kappa shape index (κ2) is 6.27. The highest BCUT2D eigenvalue weighted by atomic mass is 35.5. The van der Waals surface area contributed by atoms with E-state index in [1.54, 1.807) is 29.2 Å². The van der Waals surface area contributed by atoms with Crippen LogP contribution in [0.1, 0.15) is 20.3 Å². The highest BCUT2D eigenvalue weighted by Gasteiger charge is 2.49. The Hall–Kier alpha value is -1.55. The fraction of sp³-hybridized carbons (Fsp3) is 0.467. The van der Waals surface area contributed by atoms with Gasteiger partial charge in [0.05, 0.1) is 11.8 Å². The molecule has 4 nitrogen and oxygen atoms in total. The molecule has 5 heteroatoms. The van der Waals surface area contributed by atoms with Crippen LogP contribution in [-0.2, 0) is 9.59 Å². The summed E-state index contributed by atoms with van der Waals surface area (Å²) in [5, 5.41) is 3.45. The molecule has 1 aromatic rings. The molecule has 0 spiro atoms. The monoisotopic (exact) mass is 294 g/mol. The van der Waals surface area contributed by atoms with Crippen molar-refractivity contribution in [3.8, 4) is 0 Å². The lowest BCUT2D eigenvalue weighted by molar-refractivity contribution is -0.133. The lowest BCUT2D eigenvalue weighted by atomic mass is 10.2. The second-order valence-corrected chi connectivity index (χ2v) is 5.39. The molecule has 0 bridgehead atoms. The van der Waals surface area contributed by atoms with E-state index in [0.29, 0.717) is 30.2 Å². The Kier molecular flexibility index (Phi) is 4.65. The molecule has 0 heterocycles. The molecule has 0 saturated heterocycles. The van der Waals surface area contributed by atoms with Crippen LogP contribution in [0.3, 0.4) is 0 Å². The Balaban J connectivity index is 1.90. The van der Waals surface area contributed by atoms with Gasteiger partial charge < -0.3 is 10.2 Å². The van der Waals surface area contributed by atoms with Gasteiger partial charge in [-0.1, -0.05) is 11.6 Å². The molecule has 108 valence electrons. The smallest absolute Gasteiger partial charge is 0.228 e. The molecule has 1 fully saturated rings. The van der Waals surface area contributed by atoms with Crippen molar-refractivity contribution in [1.29, 1.82) is 0 Å². The summed E-state index contributed by atoms with van der Waals surface area (Å²) in [5.74, 6) is -0.343. The Bertz CT molecular complexity index is 497. The normalized spacial score (nSPS) is 20.4. The Morgan fingerprint density at radius 1 is 1.20 bits per heavy atom. The van der Waals surface area contributed by atoms with Crippen LogP contribution in [0.2, 0.25) is 5.02 Å². The average molecular weight is 295 g/mol. The number of carbonyl (C=O) groups excluding carboxylic acids is 2. The van der Waals surface area contributed by atoms with Gasteiger partial charge >= 0.3 is 0 Å². The van der Waals surface area contributed by atoms with Crippen LogP contribution in [-0.4, -0.2) is 29.8 Å². The van der Waals surface area contributed by atoms with E-state index in [4.69, 9.17) is 11.6 Å². The molecule has 20 heavy (non-hydrogen) atoms. The maximum absolute atomic E-state index is 12.1. The topological polar surface area (TPSA) is 49.4 Å². The first-order chi connectivity index (χ1) is 9.56. The number of nitrogens with one attached hydrogen (secondary N) is 1. The average Bonchev–Trinajstić information content (AvgIpc) is 3.23. The predicted octanol–water partition coefficient (Wildman–Crippen LogP) is 2.78. The minimum Gasteiger partial charge on any atom is -0.343 e. The van der Waals surface area contributed by atoms with Crippen LogP contribution >= 0.6 is 11.6 Å². The van der Waals surface area contributed by atoms with E-state index in [2.05, 4.69) is 5.32 Å². The molecule has 1 aliphatic rings. The van der Waals surface area contributed by atoms with Crippen molar-refractivity contribution in [2.24, 2.45) is 11.8 Å². The lowest BCUT2D eigenvalue weighted by Gasteiger charge is -2.18. The summed E-state index contributed by atoms with van der Waals surface area (Å²) >= 11 is 5.79. The quantitative estimate of drug-likeness (QED) is 0.908. The van der Waals surface area contributed by atoms with E-state index in [9.17, 15) is 9.59 Å². The maximum atomic E-state index is 12.1. The third-order valence-corrected chi connectivity index (χ3v) is 3.88. The lowest BCUT2D eigenvalue weighted by Crippen LogP contribution is -2.33. The number of amides is 2. The van der Waals surface area contributed by atoms with Gasteiger partial charge in [-0.25, -0.2) is 0 Å². The Morgan fingerprint density at radius 3 is 2.35 bits per heavy atom. The van der Waals surface area contributed by atoms with Crippen molar-refractivity contribution in [3.05, 3.63) is 29.3 Å². The summed E-state index contributed by atoms with van der Waals surface area (Å²) in [6, 6.07) is 6.96. The second-order valence-electron chi connectivity index (χ2n) is 4.96. The minimum atomic E-state index is -0.196. The molecule has 1 aliphatic carbocycles. The van der Waals surface area contributed by atoms with Gasteiger partial charge in [-0.05, 0) is 44.5 Å². The fourth-order valence-electron chi connectivity index (χ4n) is 2.30. The molecule has 1 aromatic carbocycles. The van der Waals surface area contributed by atoms with Gasteiger partial charge in [0.25, 0.3) is 0 Å². The molecule has 0 aromatic heterocycles. The number of halogens is 1. The van der Waals surface area contributed by atoms with Crippen LogP contribution in [0.25, 0.3) is 0 Å². The van der Waals surface area contributed by atoms with Crippen LogP contribution < -0.4 is 5.32 Å². The molecule has 2 amide bonds. The maximum Gasteiger partial charge on any atom is 0.228 e. The predicted molar refractivity (Wildman–Crippen MR) is 79.6 cm³/mol. The summed E-state index contributed by atoms with van der Waals surface area (Å²) < 4.78 is 0. The van der Waals surface area contributed by atoms with Crippen molar-refractivity contribution in [3.63, 3.8) is 0 Å². The zero-order valence-electron chi connectivity index (χ0n) is 11.7. The highest BCUT2D eigenvalue weighted by Crippen LogP contribution is 2.40. The van der Waals surface area contributed by atoms with Gasteiger partial charge in [0.15, 0.2) is 0 Å². The number of nitrogens with zero attached hydrogens (tertiary/aromatic N) is 1. The first-order valence-corrected chi connectivity index (χ1v) is 7.29. The molecule has 0 aliphatic heterocycles. The van der Waals surface area contributed by atoms with Crippen LogP contribution in [0.4, 0.5) is 5.69 Å². The van der Waals surface area contributed by atoms with Crippen molar-refractivity contribution < 1.29 is 9.59 Å². The van der Waals surface area contributed by atoms with Gasteiger partial charge in [0.2, 0.25) is 11.8 Å². The molecular weight excluding hydrogens is 276 g/mol. The summed E-state index contributed by atoms with van der Waals surface area (Å²) in [6.07, 6.45) is 0.648. The van der Waals surface area contributed by atoms with Gasteiger partial charge in [-0.15, -0.1) is 0 Å². The molecule has 1 N–H and O–H groups in total. The third-order valence-electron chi connectivity index (χ3n) is 3.63. The van der Waals surface area contributed by atoms with Crippen LogP contribution in [0.5, 0.6) is 0 Å². The van der Waals surface area contributed by atoms with Crippen molar-refractivity contribution in [1.82, 2.24) is 4.90 Å². The zero-order valence-corrected chi connectivity index (χ0v) is 12.5. The standard InChI is InChI=1S/C15H19ClN2O2/c1-3-18(4-2)15(20)13-9-12(13)14(19)17-11-7-5-10(16)6-8-11/h5-8,12-13H,3-4,9H2,1-2H3,(H,17,19). The van der Waals surface area contributed by atoms with E-state index in [1.165, 1.54) is 0 Å². The first-order valence-electron chi connectivity index (χ1n) is 6.92. The SMILES string of the molecule is CCN(CC)C(=O)C1CC1C(=O)Nc1ccc(Cl)cc1. The third kappa shape index (κ3) is 3.31. The van der Waals surface area contributed by atoms with E-state index in [1.807, 2.05) is 13.8 Å². The van der Waals surface area contributed by atoms with E-state index >= 15 is 0 Å². The Morgan fingerprint density at radius 2 is 1.80 bits per heavy atom. The molecule has 2 unspecified atom stereocenters. The minimum absolute atomic E-state index is 0.0853. The Labute approximate surface area is 124 Å². The number of hydrogen-bond donors (Lipinski definition) is 1. The van der Waals surface area contributed by atoms with Gasteiger partial charge in [-0.3, -0.25) is 9.59 Å². The molecule has 2 atom stereocenters. The van der Waals surface area contributed by atoms with Crippen molar-refractivity contribution >= 4 is 29.1 Å². The van der Waals surface area contributed by atoms with E-state index in [-0.39, 0.29) is 23.7 Å². The fourth-order valence-corrected chi connectivity index (χ4v) is 2.42. The first kappa shape index (κ1) is 14.9. The van der Waals surface area contributed by atoms with Crippen LogP contribution in [0.15, 0.2) is 24.3 Å². The zero-order chi connectivity index (χ0) is 14.7. The largest absolute Gasteiger partial charge is 0.343 e. The summed E-state index contributed by atoms with van der Waals surface area (Å²) in [6.45, 7) is 5.29. The number of benzene rings is 1. The number of rotatable bonds is 5. The highest BCUT2D eigenvalue weighted by molar-refractivity contribution is 6.30. The number of hydrogen-bond acceptors (Lipinski definition) is 2. The van der Waals surface area contributed by atoms with Gasteiger partial charge in [0, 0.05) is 23.8 Å². The van der Waals surface area contributed by atoms with E-state index < -0.39 is 0 Å². The molecule has 1 saturated carbocycles. The van der Waals surface area contributed by atoms with Crippen molar-refractivity contribution in [2.75, 3.05) is 18.4 Å². The molecule has 2 rings (SSSR count). The summed E-state index contributed by atoms with van der Waals surface area (Å²) in [5.41, 5.74) is 0.709. The summed E-state index contributed by atoms with van der Waals surface area (Å²) in [4.78, 5) is 25.9. The number of anilines is 1. The van der Waals surface area contributed by atoms with Crippen LogP contribution in [0, 0.1) is 11.8 Å². The van der Waals surface area contributed by atoms with Gasteiger partial charge in [0.1, 0.15) is 0 Å². The molecule has 0 radical (unpaired) electrons. The van der Waals surface area contributed by atoms with Crippen molar-refractivity contribution in [2.45, 2.75) is 20.3 Å². The van der Waals surface area contributed by atoms with E-state index in [0.717, 1.165) is 0 Å². The molecular formula is C15H19ClN2O2.